The van der Waals surface area contributed by atoms with Crippen molar-refractivity contribution in [3.05, 3.63) is 71.3 Å². The smallest absolute Gasteiger partial charge is 0.365 e. The maximum Gasteiger partial charge on any atom is 0.416 e. The summed E-state index contributed by atoms with van der Waals surface area (Å²) in [6, 6.07) is 15.1. The molecule has 2 fully saturated rings. The van der Waals surface area contributed by atoms with Crippen molar-refractivity contribution in [1.29, 1.82) is 0 Å². The Kier molecular flexibility index (Phi) is 5.12. The maximum atomic E-state index is 13.0. The first-order valence-corrected chi connectivity index (χ1v) is 9.23. The van der Waals surface area contributed by atoms with Crippen molar-refractivity contribution in [2.45, 2.75) is 31.4 Å². The lowest BCUT2D eigenvalue weighted by molar-refractivity contribution is -0.153. The monoisotopic (exact) mass is 390 g/mol. The second kappa shape index (κ2) is 7.56. The Labute approximate surface area is 161 Å². The van der Waals surface area contributed by atoms with E-state index < -0.39 is 11.7 Å². The van der Waals surface area contributed by atoms with Gasteiger partial charge < -0.3 is 9.64 Å². The molecule has 2 aromatic rings. The Morgan fingerprint density at radius 3 is 2.46 bits per heavy atom. The summed E-state index contributed by atoms with van der Waals surface area (Å²) in [5.74, 6) is -0.180. The number of nitrogens with zero attached hydrogens (tertiary/aromatic N) is 2. The van der Waals surface area contributed by atoms with Crippen LogP contribution in [0.4, 0.5) is 13.2 Å². The molecule has 2 atom stereocenters. The highest BCUT2D eigenvalue weighted by molar-refractivity contribution is 5.78. The van der Waals surface area contributed by atoms with E-state index in [1.165, 1.54) is 11.6 Å². The van der Waals surface area contributed by atoms with Gasteiger partial charge in [0.05, 0.1) is 17.7 Å². The second-order valence-corrected chi connectivity index (χ2v) is 7.32. The molecular formula is C21H21F3N2O2. The summed E-state index contributed by atoms with van der Waals surface area (Å²) in [6.45, 7) is 2.23. The van der Waals surface area contributed by atoms with Crippen LogP contribution in [0.2, 0.25) is 0 Å². The third-order valence-electron chi connectivity index (χ3n) is 5.31. The maximum absolute atomic E-state index is 13.0. The fraction of sp³-hybridized carbons (Fsp3) is 0.381. The van der Waals surface area contributed by atoms with Crippen molar-refractivity contribution in [3.8, 4) is 0 Å². The first kappa shape index (κ1) is 19.0. The molecule has 1 amide bonds. The van der Waals surface area contributed by atoms with E-state index in [-0.39, 0.29) is 31.2 Å². The molecule has 0 unspecified atom stereocenters. The highest BCUT2D eigenvalue weighted by Crippen LogP contribution is 2.31. The molecule has 2 aliphatic heterocycles. The second-order valence-electron chi connectivity index (χ2n) is 7.32. The number of carbonyl (C=O) groups is 1. The summed E-state index contributed by atoms with van der Waals surface area (Å²) in [7, 11) is 0. The van der Waals surface area contributed by atoms with E-state index in [0.717, 1.165) is 18.7 Å². The van der Waals surface area contributed by atoms with Gasteiger partial charge in [-0.1, -0.05) is 42.5 Å². The predicted octanol–water partition coefficient (Wildman–Crippen LogP) is 3.32. The van der Waals surface area contributed by atoms with E-state index in [9.17, 15) is 18.0 Å². The Balaban J connectivity index is 1.49. The Morgan fingerprint density at radius 2 is 1.71 bits per heavy atom. The molecule has 2 saturated heterocycles. The minimum Gasteiger partial charge on any atom is -0.365 e. The van der Waals surface area contributed by atoms with Crippen molar-refractivity contribution >= 4 is 5.91 Å². The van der Waals surface area contributed by atoms with Crippen LogP contribution in [0.5, 0.6) is 0 Å². The lowest BCUT2D eigenvalue weighted by Gasteiger charge is -2.37. The summed E-state index contributed by atoms with van der Waals surface area (Å²) in [4.78, 5) is 16.3. The van der Waals surface area contributed by atoms with E-state index in [1.54, 1.807) is 11.0 Å². The quantitative estimate of drug-likeness (QED) is 0.803. The first-order chi connectivity index (χ1) is 13.4. The number of hydrogen-bond donors (Lipinski definition) is 0. The zero-order valence-electron chi connectivity index (χ0n) is 15.2. The van der Waals surface area contributed by atoms with Crippen LogP contribution in [0.3, 0.4) is 0 Å². The van der Waals surface area contributed by atoms with Gasteiger partial charge in [-0.15, -0.1) is 0 Å². The van der Waals surface area contributed by atoms with Gasteiger partial charge in [-0.25, -0.2) is 0 Å². The van der Waals surface area contributed by atoms with E-state index in [0.29, 0.717) is 18.7 Å². The number of rotatable bonds is 4. The van der Waals surface area contributed by atoms with Crippen LogP contribution in [0.15, 0.2) is 54.6 Å². The van der Waals surface area contributed by atoms with Crippen LogP contribution in [-0.4, -0.2) is 47.5 Å². The molecule has 0 aliphatic carbocycles. The van der Waals surface area contributed by atoms with Crippen molar-refractivity contribution in [3.63, 3.8) is 0 Å². The normalized spacial score (nSPS) is 23.1. The molecule has 0 N–H and O–H groups in total. The van der Waals surface area contributed by atoms with Crippen LogP contribution in [0.25, 0.3) is 0 Å². The summed E-state index contributed by atoms with van der Waals surface area (Å²) in [5.41, 5.74) is 0.960. The third kappa shape index (κ3) is 4.05. The zero-order valence-corrected chi connectivity index (χ0v) is 15.2. The Hall–Kier alpha value is -2.38. The number of fused-ring (bicyclic) bond motifs is 1. The number of alkyl halides is 3. The number of amides is 1. The van der Waals surface area contributed by atoms with Gasteiger partial charge in [0.25, 0.3) is 0 Å². The third-order valence-corrected chi connectivity index (χ3v) is 5.31. The van der Waals surface area contributed by atoms with Gasteiger partial charge in [0.15, 0.2) is 0 Å². The van der Waals surface area contributed by atoms with Gasteiger partial charge in [-0.05, 0) is 23.3 Å². The van der Waals surface area contributed by atoms with Gasteiger partial charge in [0, 0.05) is 26.2 Å². The van der Waals surface area contributed by atoms with Gasteiger partial charge in [0.2, 0.25) is 5.91 Å². The first-order valence-electron chi connectivity index (χ1n) is 9.23. The molecule has 28 heavy (non-hydrogen) atoms. The van der Waals surface area contributed by atoms with Gasteiger partial charge >= 0.3 is 6.18 Å². The molecule has 2 heterocycles. The highest BCUT2D eigenvalue weighted by atomic mass is 19.4. The summed E-state index contributed by atoms with van der Waals surface area (Å²) >= 11 is 0. The molecule has 2 aromatic carbocycles. The lowest BCUT2D eigenvalue weighted by atomic mass is 10.1. The molecule has 4 rings (SSSR count). The molecular weight excluding hydrogens is 369 g/mol. The fourth-order valence-corrected chi connectivity index (χ4v) is 3.96. The van der Waals surface area contributed by atoms with E-state index in [2.05, 4.69) is 4.90 Å². The average Bonchev–Trinajstić information content (AvgIpc) is 3.07. The zero-order chi connectivity index (χ0) is 19.7. The fourth-order valence-electron chi connectivity index (χ4n) is 3.96. The number of hydrogen-bond acceptors (Lipinski definition) is 3. The number of morpholine rings is 1. The van der Waals surface area contributed by atoms with Crippen molar-refractivity contribution in [1.82, 2.24) is 9.80 Å². The van der Waals surface area contributed by atoms with Crippen molar-refractivity contribution < 1.29 is 22.7 Å². The Morgan fingerprint density at radius 1 is 0.964 bits per heavy atom. The van der Waals surface area contributed by atoms with Crippen LogP contribution >= 0.6 is 0 Å². The predicted molar refractivity (Wildman–Crippen MR) is 97.2 cm³/mol. The lowest BCUT2D eigenvalue weighted by Crippen LogP contribution is -2.53. The van der Waals surface area contributed by atoms with Gasteiger partial charge in [-0.3, -0.25) is 9.69 Å². The van der Waals surface area contributed by atoms with E-state index in [4.69, 9.17) is 4.74 Å². The van der Waals surface area contributed by atoms with Crippen LogP contribution in [-0.2, 0) is 28.8 Å². The Bertz CT molecular complexity index is 841. The van der Waals surface area contributed by atoms with Crippen molar-refractivity contribution in [2.75, 3.05) is 19.7 Å². The number of benzene rings is 2. The van der Waals surface area contributed by atoms with Crippen LogP contribution in [0.1, 0.15) is 16.7 Å². The molecule has 0 radical (unpaired) electrons. The summed E-state index contributed by atoms with van der Waals surface area (Å²) < 4.78 is 44.7. The average molecular weight is 390 g/mol. The largest absolute Gasteiger partial charge is 0.416 e. The molecule has 0 aromatic heterocycles. The standard InChI is InChI=1S/C21H21F3N2O2/c22-21(23,24)17-8-4-7-16(9-17)11-26-18-12-25(10-15-5-2-1-3-6-15)13-19(18)28-14-20(26)27/h1-9,18-19H,10-14H2/t18-,19+/m1/s1. The summed E-state index contributed by atoms with van der Waals surface area (Å²) in [5, 5.41) is 0. The van der Waals surface area contributed by atoms with Crippen LogP contribution in [0, 0.1) is 0 Å². The molecule has 0 saturated carbocycles. The minimum absolute atomic E-state index is 0.0285. The topological polar surface area (TPSA) is 32.8 Å². The summed E-state index contributed by atoms with van der Waals surface area (Å²) in [6.07, 6.45) is -4.51. The molecule has 4 nitrogen and oxygen atoms in total. The number of ether oxygens (including phenoxy) is 1. The van der Waals surface area contributed by atoms with Gasteiger partial charge in [-0.2, -0.15) is 13.2 Å². The molecule has 148 valence electrons. The van der Waals surface area contributed by atoms with E-state index in [1.807, 2.05) is 30.3 Å². The van der Waals surface area contributed by atoms with Crippen molar-refractivity contribution in [2.24, 2.45) is 0 Å². The SMILES string of the molecule is O=C1CO[C@H]2CN(Cc3ccccc3)C[C@H]2N1Cc1cccc(C(F)(F)F)c1. The molecule has 7 heteroatoms. The molecule has 0 spiro atoms. The van der Waals surface area contributed by atoms with Gasteiger partial charge in [0.1, 0.15) is 6.61 Å². The molecule has 2 aliphatic rings. The number of halogens is 3. The highest BCUT2D eigenvalue weighted by Gasteiger charge is 2.43. The minimum atomic E-state index is -4.40. The van der Waals surface area contributed by atoms with E-state index >= 15 is 0 Å². The number of carbonyl (C=O) groups excluding carboxylic acids is 1. The van der Waals surface area contributed by atoms with Crippen LogP contribution < -0.4 is 0 Å². The molecule has 0 bridgehead atoms. The number of likely N-dealkylation sites (tertiary alicyclic amines) is 1.